The lowest BCUT2D eigenvalue weighted by Crippen LogP contribution is -2.24. The third-order valence-electron chi connectivity index (χ3n) is 3.14. The molecule has 1 aromatic carbocycles. The number of aliphatic hydroxyl groups excluding tert-OH is 1. The van der Waals surface area contributed by atoms with Gasteiger partial charge < -0.3 is 9.84 Å². The van der Waals surface area contributed by atoms with Crippen molar-refractivity contribution >= 4 is 15.9 Å². The zero-order valence-corrected chi connectivity index (χ0v) is 11.0. The highest BCUT2D eigenvalue weighted by Gasteiger charge is 2.20. The van der Waals surface area contributed by atoms with E-state index >= 15 is 0 Å². The van der Waals surface area contributed by atoms with Gasteiger partial charge in [-0.3, -0.25) is 0 Å². The minimum atomic E-state index is 0.175. The van der Waals surface area contributed by atoms with Gasteiger partial charge in [-0.2, -0.15) is 0 Å². The summed E-state index contributed by atoms with van der Waals surface area (Å²) in [6, 6.07) is 6.05. The lowest BCUT2D eigenvalue weighted by atomic mass is 9.96. The van der Waals surface area contributed by atoms with Gasteiger partial charge in [0.1, 0.15) is 5.75 Å². The molecule has 0 aliphatic heterocycles. The van der Waals surface area contributed by atoms with Crippen molar-refractivity contribution in [1.82, 2.24) is 0 Å². The molecule has 0 amide bonds. The molecule has 1 atom stereocenters. The van der Waals surface area contributed by atoms with Crippen molar-refractivity contribution in [3.05, 3.63) is 28.2 Å². The van der Waals surface area contributed by atoms with Crippen LogP contribution in [0.15, 0.2) is 22.7 Å². The van der Waals surface area contributed by atoms with Crippen molar-refractivity contribution in [2.75, 3.05) is 6.61 Å². The van der Waals surface area contributed by atoms with Crippen LogP contribution in [0.25, 0.3) is 0 Å². The molecule has 0 bridgehead atoms. The van der Waals surface area contributed by atoms with E-state index in [0.29, 0.717) is 6.10 Å². The summed E-state index contributed by atoms with van der Waals surface area (Å²) in [5.74, 6) is 1.09. The Labute approximate surface area is 105 Å². The summed E-state index contributed by atoms with van der Waals surface area (Å²) in [6.45, 7) is 2.18. The number of rotatable bonds is 4. The number of aliphatic hydroxyl groups is 1. The Morgan fingerprint density at radius 2 is 2.25 bits per heavy atom. The van der Waals surface area contributed by atoms with Crippen LogP contribution in [0.5, 0.6) is 5.75 Å². The van der Waals surface area contributed by atoms with Gasteiger partial charge >= 0.3 is 0 Å². The second-order valence-corrected chi connectivity index (χ2v) is 5.30. The van der Waals surface area contributed by atoms with E-state index in [9.17, 15) is 0 Å². The molecule has 3 heteroatoms. The number of benzene rings is 1. The molecule has 0 aromatic heterocycles. The average Bonchev–Trinajstić information content (AvgIpc) is 2.23. The van der Waals surface area contributed by atoms with Gasteiger partial charge in [0, 0.05) is 12.5 Å². The first-order valence-electron chi connectivity index (χ1n) is 5.77. The first kappa shape index (κ1) is 11.9. The molecule has 1 N–H and O–H groups in total. The van der Waals surface area contributed by atoms with Gasteiger partial charge in [0.2, 0.25) is 0 Å². The highest BCUT2D eigenvalue weighted by Crippen LogP contribution is 2.32. The van der Waals surface area contributed by atoms with Gasteiger partial charge in [0.15, 0.2) is 0 Å². The maximum atomic E-state index is 9.09. The first-order valence-corrected chi connectivity index (χ1v) is 6.57. The Kier molecular flexibility index (Phi) is 3.87. The molecule has 1 aromatic rings. The SMILES string of the molecule is CC(CO)c1ccc(OC2CCC2)c(Br)c1. The third kappa shape index (κ3) is 2.58. The zero-order valence-electron chi connectivity index (χ0n) is 9.45. The Morgan fingerprint density at radius 3 is 2.75 bits per heavy atom. The maximum absolute atomic E-state index is 9.09. The number of hydrogen-bond acceptors (Lipinski definition) is 2. The molecular weight excluding hydrogens is 268 g/mol. The van der Waals surface area contributed by atoms with E-state index in [2.05, 4.69) is 15.9 Å². The molecule has 0 heterocycles. The Morgan fingerprint density at radius 1 is 1.50 bits per heavy atom. The van der Waals surface area contributed by atoms with E-state index in [0.717, 1.165) is 15.8 Å². The summed E-state index contributed by atoms with van der Waals surface area (Å²) in [5, 5.41) is 9.09. The molecule has 1 aliphatic carbocycles. The van der Waals surface area contributed by atoms with Gasteiger partial charge in [-0.05, 0) is 52.9 Å². The summed E-state index contributed by atoms with van der Waals surface area (Å²) in [5.41, 5.74) is 1.13. The molecule has 1 fully saturated rings. The molecular formula is C13H17BrO2. The van der Waals surface area contributed by atoms with E-state index in [1.165, 1.54) is 19.3 Å². The number of hydrogen-bond donors (Lipinski definition) is 1. The van der Waals surface area contributed by atoms with Crippen LogP contribution < -0.4 is 4.74 Å². The Bertz CT molecular complexity index is 361. The van der Waals surface area contributed by atoms with Crippen molar-refractivity contribution in [1.29, 1.82) is 0 Å². The third-order valence-corrected chi connectivity index (χ3v) is 3.76. The van der Waals surface area contributed by atoms with Crippen molar-refractivity contribution in [3.8, 4) is 5.75 Å². The molecule has 0 saturated heterocycles. The van der Waals surface area contributed by atoms with Crippen molar-refractivity contribution in [2.45, 2.75) is 38.2 Å². The van der Waals surface area contributed by atoms with Crippen LogP contribution in [0.4, 0.5) is 0 Å². The predicted octanol–water partition coefficient (Wildman–Crippen LogP) is 3.48. The van der Waals surface area contributed by atoms with Crippen LogP contribution in [0.3, 0.4) is 0 Å². The topological polar surface area (TPSA) is 29.5 Å². The van der Waals surface area contributed by atoms with Gasteiger partial charge in [-0.25, -0.2) is 0 Å². The highest BCUT2D eigenvalue weighted by molar-refractivity contribution is 9.10. The van der Waals surface area contributed by atoms with Gasteiger partial charge in [-0.15, -0.1) is 0 Å². The second kappa shape index (κ2) is 5.19. The van der Waals surface area contributed by atoms with Gasteiger partial charge in [0.25, 0.3) is 0 Å². The maximum Gasteiger partial charge on any atom is 0.133 e. The molecule has 1 aliphatic rings. The van der Waals surface area contributed by atoms with Gasteiger partial charge in [-0.1, -0.05) is 13.0 Å². The summed E-state index contributed by atoms with van der Waals surface area (Å²) in [6.07, 6.45) is 4.02. The lowest BCUT2D eigenvalue weighted by molar-refractivity contribution is 0.119. The molecule has 0 radical (unpaired) electrons. The quantitative estimate of drug-likeness (QED) is 0.917. The van der Waals surface area contributed by atoms with Crippen LogP contribution in [-0.2, 0) is 0 Å². The largest absolute Gasteiger partial charge is 0.489 e. The minimum absolute atomic E-state index is 0.175. The van der Waals surface area contributed by atoms with Crippen LogP contribution in [0, 0.1) is 0 Å². The molecule has 88 valence electrons. The first-order chi connectivity index (χ1) is 7.70. The van der Waals surface area contributed by atoms with Crippen LogP contribution >= 0.6 is 15.9 Å². The Hall–Kier alpha value is -0.540. The fourth-order valence-electron chi connectivity index (χ4n) is 1.69. The minimum Gasteiger partial charge on any atom is -0.489 e. The fourth-order valence-corrected chi connectivity index (χ4v) is 2.18. The van der Waals surface area contributed by atoms with E-state index in [-0.39, 0.29) is 12.5 Å². The monoisotopic (exact) mass is 284 g/mol. The van der Waals surface area contributed by atoms with E-state index < -0.39 is 0 Å². The average molecular weight is 285 g/mol. The van der Waals surface area contributed by atoms with Crippen molar-refractivity contribution in [3.63, 3.8) is 0 Å². The van der Waals surface area contributed by atoms with Gasteiger partial charge in [0.05, 0.1) is 10.6 Å². The number of halogens is 1. The standard InChI is InChI=1S/C13H17BrO2/c1-9(8-15)10-5-6-13(12(14)7-10)16-11-3-2-4-11/h5-7,9,11,15H,2-4,8H2,1H3. The summed E-state index contributed by atoms with van der Waals surface area (Å²) >= 11 is 3.52. The summed E-state index contributed by atoms with van der Waals surface area (Å²) in [7, 11) is 0. The van der Waals surface area contributed by atoms with Crippen LogP contribution in [-0.4, -0.2) is 17.8 Å². The molecule has 2 nitrogen and oxygen atoms in total. The van der Waals surface area contributed by atoms with E-state index in [4.69, 9.17) is 9.84 Å². The summed E-state index contributed by atoms with van der Waals surface area (Å²) in [4.78, 5) is 0. The molecule has 1 unspecified atom stereocenters. The number of ether oxygens (including phenoxy) is 1. The molecule has 0 spiro atoms. The molecule has 16 heavy (non-hydrogen) atoms. The smallest absolute Gasteiger partial charge is 0.133 e. The summed E-state index contributed by atoms with van der Waals surface area (Å²) < 4.78 is 6.82. The van der Waals surface area contributed by atoms with Crippen LogP contribution in [0.2, 0.25) is 0 Å². The lowest BCUT2D eigenvalue weighted by Gasteiger charge is -2.27. The normalized spacial score (nSPS) is 17.9. The molecule has 1 saturated carbocycles. The van der Waals surface area contributed by atoms with Crippen molar-refractivity contribution < 1.29 is 9.84 Å². The van der Waals surface area contributed by atoms with Crippen LogP contribution in [0.1, 0.15) is 37.7 Å². The molecule has 2 rings (SSSR count). The zero-order chi connectivity index (χ0) is 11.5. The fraction of sp³-hybridized carbons (Fsp3) is 0.538. The van der Waals surface area contributed by atoms with Crippen molar-refractivity contribution in [2.24, 2.45) is 0 Å². The van der Waals surface area contributed by atoms with E-state index in [1.807, 2.05) is 25.1 Å². The highest BCUT2D eigenvalue weighted by atomic mass is 79.9. The Balaban J connectivity index is 2.09. The second-order valence-electron chi connectivity index (χ2n) is 4.44. The van der Waals surface area contributed by atoms with E-state index in [1.54, 1.807) is 0 Å². The predicted molar refractivity (Wildman–Crippen MR) is 67.9 cm³/mol.